The largest absolute Gasteiger partial charge is 0.460 e. The molecule has 0 fully saturated rings. The first kappa shape index (κ1) is 16.7. The van der Waals surface area contributed by atoms with Gasteiger partial charge in [-0.2, -0.15) is 5.10 Å². The molecule has 0 aliphatic carbocycles. The Hall–Kier alpha value is -2.30. The number of hydrogen-bond donors (Lipinski definition) is 2. The van der Waals surface area contributed by atoms with Crippen LogP contribution in [0.1, 0.15) is 27.2 Å². The van der Waals surface area contributed by atoms with Gasteiger partial charge in [-0.25, -0.2) is 0 Å². The van der Waals surface area contributed by atoms with E-state index in [4.69, 9.17) is 16.2 Å². The van der Waals surface area contributed by atoms with Crippen LogP contribution in [0.15, 0.2) is 48.5 Å². The van der Waals surface area contributed by atoms with Gasteiger partial charge in [0, 0.05) is 11.8 Å². The number of nitrogen functional groups attached to an aromatic ring is 1. The van der Waals surface area contributed by atoms with Gasteiger partial charge in [0.25, 0.3) is 0 Å². The molecule has 0 saturated carbocycles. The summed E-state index contributed by atoms with van der Waals surface area (Å²) in [7, 11) is 0. The van der Waals surface area contributed by atoms with Crippen molar-refractivity contribution in [3.63, 3.8) is 0 Å². The van der Waals surface area contributed by atoms with E-state index in [2.05, 4.69) is 30.6 Å². The number of aromatic nitrogens is 2. The number of nitrogens with zero attached hydrogens (tertiary/aromatic N) is 2. The maximum atomic E-state index is 5.54. The fraction of sp³-hybridized carbons (Fsp3) is 0.286. The zero-order valence-corrected chi connectivity index (χ0v) is 11.8. The van der Waals surface area contributed by atoms with E-state index in [1.165, 1.54) is 12.6 Å². The first-order chi connectivity index (χ1) is 9.03. The van der Waals surface area contributed by atoms with Crippen LogP contribution in [-0.2, 0) is 0 Å². The highest BCUT2D eigenvalue weighted by atomic mass is 16.5. The highest BCUT2D eigenvalue weighted by Crippen LogP contribution is 2.13. The Morgan fingerprint density at radius 1 is 1.42 bits per heavy atom. The number of ether oxygens (including phenoxy) is 1. The SMILES string of the molecule is C=C/C(N)=C\C=C(/C)Oc1cnnc(N)c1.CCC. The minimum atomic E-state index is 0.312. The van der Waals surface area contributed by atoms with Crippen molar-refractivity contribution >= 4 is 5.82 Å². The Morgan fingerprint density at radius 3 is 2.58 bits per heavy atom. The fourth-order valence-electron chi connectivity index (χ4n) is 0.922. The van der Waals surface area contributed by atoms with Gasteiger partial charge in [-0.15, -0.1) is 5.10 Å². The van der Waals surface area contributed by atoms with Crippen molar-refractivity contribution in [2.45, 2.75) is 27.2 Å². The van der Waals surface area contributed by atoms with Crippen molar-refractivity contribution in [3.8, 4) is 5.75 Å². The van der Waals surface area contributed by atoms with Crippen LogP contribution in [0.4, 0.5) is 5.82 Å². The minimum Gasteiger partial charge on any atom is -0.460 e. The van der Waals surface area contributed by atoms with Gasteiger partial charge in [0.2, 0.25) is 0 Å². The Kier molecular flexibility index (Phi) is 8.53. The number of allylic oxidation sites excluding steroid dienone is 4. The molecule has 5 nitrogen and oxygen atoms in total. The molecule has 1 aromatic heterocycles. The van der Waals surface area contributed by atoms with Gasteiger partial charge in [0.15, 0.2) is 5.75 Å². The van der Waals surface area contributed by atoms with Crippen LogP contribution in [0.2, 0.25) is 0 Å². The smallest absolute Gasteiger partial charge is 0.150 e. The summed E-state index contributed by atoms with van der Waals surface area (Å²) in [4.78, 5) is 0. The van der Waals surface area contributed by atoms with E-state index >= 15 is 0 Å². The molecule has 4 N–H and O–H groups in total. The van der Waals surface area contributed by atoms with E-state index in [9.17, 15) is 0 Å². The second-order valence-corrected chi connectivity index (χ2v) is 3.77. The highest BCUT2D eigenvalue weighted by molar-refractivity contribution is 5.34. The molecule has 19 heavy (non-hydrogen) atoms. The average Bonchev–Trinajstić information content (AvgIpc) is 2.37. The van der Waals surface area contributed by atoms with Crippen molar-refractivity contribution in [1.82, 2.24) is 10.2 Å². The van der Waals surface area contributed by atoms with Crippen LogP contribution >= 0.6 is 0 Å². The third-order valence-corrected chi connectivity index (χ3v) is 1.67. The van der Waals surface area contributed by atoms with Crippen LogP contribution in [0, 0.1) is 0 Å². The van der Waals surface area contributed by atoms with Crippen molar-refractivity contribution in [2.75, 3.05) is 5.73 Å². The fourth-order valence-corrected chi connectivity index (χ4v) is 0.922. The lowest BCUT2D eigenvalue weighted by atomic mass is 10.3. The van der Waals surface area contributed by atoms with Crippen LogP contribution in [0.5, 0.6) is 5.75 Å². The summed E-state index contributed by atoms with van der Waals surface area (Å²) in [5.41, 5.74) is 11.6. The standard InChI is InChI=1S/C11H14N4O.C3H8/c1-3-9(12)5-4-8(2)16-10-6-11(13)15-14-7-10;1-3-2/h3-7H,1,12H2,2H3,(H2,13,15);3H2,1-2H3/b8-4+,9-5+;. The zero-order chi connectivity index (χ0) is 14.7. The quantitative estimate of drug-likeness (QED) is 0.643. The summed E-state index contributed by atoms with van der Waals surface area (Å²) in [6, 6.07) is 1.59. The maximum absolute atomic E-state index is 5.54. The molecule has 0 aliphatic rings. The predicted molar refractivity (Wildman–Crippen MR) is 79.3 cm³/mol. The molecule has 0 atom stereocenters. The molecule has 0 saturated heterocycles. The second kappa shape index (κ2) is 9.70. The zero-order valence-electron chi connectivity index (χ0n) is 11.8. The van der Waals surface area contributed by atoms with Crippen LogP contribution < -0.4 is 16.2 Å². The predicted octanol–water partition coefficient (Wildman–Crippen LogP) is 2.79. The van der Waals surface area contributed by atoms with Crippen molar-refractivity contribution < 1.29 is 4.74 Å². The summed E-state index contributed by atoms with van der Waals surface area (Å²) < 4.78 is 5.43. The van der Waals surface area contributed by atoms with Gasteiger partial charge in [0.1, 0.15) is 11.6 Å². The molecule has 0 aromatic carbocycles. The summed E-state index contributed by atoms with van der Waals surface area (Å²) in [6.07, 6.45) is 7.71. The Balaban J connectivity index is 0.000000982. The van der Waals surface area contributed by atoms with E-state index in [-0.39, 0.29) is 0 Å². The molecule has 5 heteroatoms. The molecule has 0 radical (unpaired) electrons. The lowest BCUT2D eigenvalue weighted by molar-refractivity contribution is 0.425. The molecule has 0 amide bonds. The van der Waals surface area contributed by atoms with Gasteiger partial charge in [-0.1, -0.05) is 26.8 Å². The van der Waals surface area contributed by atoms with E-state index < -0.39 is 0 Å². The molecular weight excluding hydrogens is 240 g/mol. The third-order valence-electron chi connectivity index (χ3n) is 1.67. The normalized spacial score (nSPS) is 11.3. The second-order valence-electron chi connectivity index (χ2n) is 3.77. The number of nitrogens with two attached hydrogens (primary N) is 2. The molecule has 0 unspecified atom stereocenters. The van der Waals surface area contributed by atoms with Crippen molar-refractivity contribution in [1.29, 1.82) is 0 Å². The summed E-state index contributed by atoms with van der Waals surface area (Å²) in [6.45, 7) is 9.58. The number of rotatable bonds is 4. The molecule has 0 aliphatic heterocycles. The maximum Gasteiger partial charge on any atom is 0.150 e. The van der Waals surface area contributed by atoms with Gasteiger partial charge < -0.3 is 16.2 Å². The third kappa shape index (κ3) is 8.43. The van der Waals surface area contributed by atoms with E-state index in [1.807, 2.05) is 0 Å². The molecule has 1 aromatic rings. The molecule has 104 valence electrons. The topological polar surface area (TPSA) is 87.0 Å². The van der Waals surface area contributed by atoms with Gasteiger partial charge >= 0.3 is 0 Å². The lowest BCUT2D eigenvalue weighted by Crippen LogP contribution is -1.96. The Labute approximate surface area is 114 Å². The molecule has 0 spiro atoms. The van der Waals surface area contributed by atoms with E-state index in [0.717, 1.165) is 0 Å². The number of anilines is 1. The molecular formula is C14H22N4O. The van der Waals surface area contributed by atoms with E-state index in [0.29, 0.717) is 23.0 Å². The number of hydrogen-bond acceptors (Lipinski definition) is 5. The Bertz CT molecular complexity index is 453. The molecule has 1 heterocycles. The summed E-state index contributed by atoms with van der Waals surface area (Å²) in [5, 5.41) is 7.28. The monoisotopic (exact) mass is 262 g/mol. The van der Waals surface area contributed by atoms with E-state index in [1.54, 1.807) is 31.2 Å². The van der Waals surface area contributed by atoms with Gasteiger partial charge in [-0.3, -0.25) is 0 Å². The first-order valence-corrected chi connectivity index (χ1v) is 6.06. The molecule has 0 bridgehead atoms. The minimum absolute atomic E-state index is 0.312. The van der Waals surface area contributed by atoms with Crippen molar-refractivity contribution in [3.05, 3.63) is 48.5 Å². The van der Waals surface area contributed by atoms with Gasteiger partial charge in [0.05, 0.1) is 6.20 Å². The van der Waals surface area contributed by atoms with Crippen LogP contribution in [-0.4, -0.2) is 10.2 Å². The summed E-state index contributed by atoms with van der Waals surface area (Å²) in [5.74, 6) is 1.51. The highest BCUT2D eigenvalue weighted by Gasteiger charge is 1.96. The van der Waals surface area contributed by atoms with Crippen molar-refractivity contribution in [2.24, 2.45) is 5.73 Å². The lowest BCUT2D eigenvalue weighted by Gasteiger charge is -2.04. The Morgan fingerprint density at radius 2 is 2.05 bits per heavy atom. The molecule has 1 rings (SSSR count). The van der Waals surface area contributed by atoms with Crippen LogP contribution in [0.3, 0.4) is 0 Å². The average molecular weight is 262 g/mol. The first-order valence-electron chi connectivity index (χ1n) is 6.06. The van der Waals surface area contributed by atoms with Crippen LogP contribution in [0.25, 0.3) is 0 Å². The van der Waals surface area contributed by atoms with Gasteiger partial charge in [-0.05, 0) is 25.2 Å². The summed E-state index contributed by atoms with van der Waals surface area (Å²) >= 11 is 0.